The van der Waals surface area contributed by atoms with Crippen molar-refractivity contribution >= 4 is 23.0 Å². The molecule has 4 rings (SSSR count). The maximum atomic E-state index is 12.9. The van der Waals surface area contributed by atoms with Crippen molar-refractivity contribution in [3.63, 3.8) is 0 Å². The zero-order valence-electron chi connectivity index (χ0n) is 20.2. The highest BCUT2D eigenvalue weighted by Crippen LogP contribution is 2.29. The van der Waals surface area contributed by atoms with Gasteiger partial charge in [-0.15, -0.1) is 0 Å². The van der Waals surface area contributed by atoms with Gasteiger partial charge in [-0.05, 0) is 44.5 Å². The molecular weight excluding hydrogens is 444 g/mol. The zero-order valence-corrected chi connectivity index (χ0v) is 20.2. The third-order valence-electron chi connectivity index (χ3n) is 5.19. The van der Waals surface area contributed by atoms with Crippen molar-refractivity contribution in [2.45, 2.75) is 32.9 Å². The molecule has 0 bridgehead atoms. The maximum Gasteiger partial charge on any atom is 0.325 e. The number of rotatable bonds is 7. The normalized spacial score (nSPS) is 11.3. The maximum absolute atomic E-state index is 12.9. The van der Waals surface area contributed by atoms with E-state index in [0.29, 0.717) is 22.7 Å². The number of esters is 1. The second kappa shape index (κ2) is 9.97. The van der Waals surface area contributed by atoms with E-state index in [1.807, 2.05) is 60.7 Å². The Kier molecular flexibility index (Phi) is 6.82. The Bertz CT molecular complexity index is 1360. The third-order valence-corrected chi connectivity index (χ3v) is 5.19. The highest BCUT2D eigenvalue weighted by molar-refractivity contribution is 5.87. The lowest BCUT2D eigenvalue weighted by atomic mass is 10.1. The fraction of sp³-hybridized carbons (Fsp3) is 0.259. The molecule has 4 aromatic rings. The lowest BCUT2D eigenvalue weighted by Gasteiger charge is -2.19. The van der Waals surface area contributed by atoms with Gasteiger partial charge in [0.05, 0.1) is 12.6 Å². The molecule has 1 amide bonds. The van der Waals surface area contributed by atoms with Gasteiger partial charge in [0.15, 0.2) is 5.65 Å². The van der Waals surface area contributed by atoms with Crippen molar-refractivity contribution in [2.24, 2.45) is 0 Å². The molecule has 0 unspecified atom stereocenters. The van der Waals surface area contributed by atoms with Crippen LogP contribution in [0.3, 0.4) is 0 Å². The fourth-order valence-electron chi connectivity index (χ4n) is 3.68. The van der Waals surface area contributed by atoms with Gasteiger partial charge in [0.25, 0.3) is 0 Å². The number of hydrogen-bond acceptors (Lipinski definition) is 6. The van der Waals surface area contributed by atoms with Gasteiger partial charge in [0.1, 0.15) is 30.3 Å². The van der Waals surface area contributed by atoms with Crippen molar-refractivity contribution < 1.29 is 19.1 Å². The van der Waals surface area contributed by atoms with E-state index in [-0.39, 0.29) is 19.0 Å². The largest absolute Gasteiger partial charge is 0.497 e. The van der Waals surface area contributed by atoms with Crippen LogP contribution in [0.15, 0.2) is 66.9 Å². The lowest BCUT2D eigenvalue weighted by Crippen LogP contribution is -2.36. The first-order valence-corrected chi connectivity index (χ1v) is 11.3. The Hall–Kier alpha value is -4.20. The number of amides is 1. The number of fused-ring (bicyclic) bond motifs is 1. The molecule has 0 aliphatic heterocycles. The molecule has 180 valence electrons. The average molecular weight is 473 g/mol. The molecule has 0 aliphatic rings. The monoisotopic (exact) mass is 472 g/mol. The van der Waals surface area contributed by atoms with Gasteiger partial charge in [-0.1, -0.05) is 42.5 Å². The van der Waals surface area contributed by atoms with E-state index in [4.69, 9.17) is 14.5 Å². The van der Waals surface area contributed by atoms with Crippen molar-refractivity contribution in [2.75, 3.05) is 13.7 Å². The van der Waals surface area contributed by atoms with Crippen LogP contribution in [0.1, 0.15) is 20.8 Å². The molecule has 0 spiro atoms. The molecule has 35 heavy (non-hydrogen) atoms. The number of ether oxygens (including phenoxy) is 2. The third kappa shape index (κ3) is 5.84. The van der Waals surface area contributed by atoms with Crippen LogP contribution in [-0.2, 0) is 20.9 Å². The van der Waals surface area contributed by atoms with E-state index in [9.17, 15) is 9.59 Å². The number of carbonyl (C=O) groups excluding carboxylic acids is 2. The minimum atomic E-state index is -0.624. The Morgan fingerprint density at radius 3 is 2.43 bits per heavy atom. The lowest BCUT2D eigenvalue weighted by molar-refractivity contribution is -0.154. The van der Waals surface area contributed by atoms with Crippen molar-refractivity contribution in [3.8, 4) is 28.3 Å². The van der Waals surface area contributed by atoms with Crippen LogP contribution < -0.4 is 10.1 Å². The predicted molar refractivity (Wildman–Crippen MR) is 134 cm³/mol. The number of methoxy groups -OCH3 is 1. The second-order valence-corrected chi connectivity index (χ2v) is 9.05. The van der Waals surface area contributed by atoms with Gasteiger partial charge >= 0.3 is 5.97 Å². The van der Waals surface area contributed by atoms with Gasteiger partial charge in [0.2, 0.25) is 5.91 Å². The Morgan fingerprint density at radius 2 is 1.71 bits per heavy atom. The van der Waals surface area contributed by atoms with Gasteiger partial charge in [0, 0.05) is 17.3 Å². The molecule has 0 atom stereocenters. The summed E-state index contributed by atoms with van der Waals surface area (Å²) in [5.41, 5.74) is 3.29. The summed E-state index contributed by atoms with van der Waals surface area (Å²) in [4.78, 5) is 34.2. The van der Waals surface area contributed by atoms with E-state index < -0.39 is 11.6 Å². The zero-order chi connectivity index (χ0) is 25.0. The van der Waals surface area contributed by atoms with Crippen molar-refractivity contribution in [3.05, 3.63) is 66.9 Å². The standard InChI is InChI=1S/C27H28N4O4/c1-27(2,3)35-24(33)16-28-23(32)17-31-22-14-20(18-9-6-5-7-10-18)15-29-25(22)30-26(31)19-11-8-12-21(13-19)34-4/h5-15H,16-17H2,1-4H3,(H,28,32). The molecule has 2 heterocycles. The second-order valence-electron chi connectivity index (χ2n) is 9.05. The Morgan fingerprint density at radius 1 is 0.971 bits per heavy atom. The Balaban J connectivity index is 1.70. The summed E-state index contributed by atoms with van der Waals surface area (Å²) in [6.07, 6.45) is 1.77. The summed E-state index contributed by atoms with van der Waals surface area (Å²) in [5.74, 6) is 0.407. The van der Waals surface area contributed by atoms with E-state index in [1.165, 1.54) is 0 Å². The van der Waals surface area contributed by atoms with Crippen LogP contribution in [0.25, 0.3) is 33.7 Å². The van der Waals surface area contributed by atoms with E-state index in [2.05, 4.69) is 10.3 Å². The molecular formula is C27H28N4O4. The minimum Gasteiger partial charge on any atom is -0.497 e. The SMILES string of the molecule is COc1cccc(-c2nc3ncc(-c4ccccc4)cc3n2CC(=O)NCC(=O)OC(C)(C)C)c1. The first kappa shape index (κ1) is 23.9. The molecule has 2 aromatic carbocycles. The summed E-state index contributed by atoms with van der Waals surface area (Å²) >= 11 is 0. The molecule has 0 fully saturated rings. The summed E-state index contributed by atoms with van der Waals surface area (Å²) in [6, 6.07) is 19.3. The number of nitrogens with one attached hydrogen (secondary N) is 1. The first-order valence-electron chi connectivity index (χ1n) is 11.3. The van der Waals surface area contributed by atoms with Gasteiger partial charge in [-0.3, -0.25) is 9.59 Å². The smallest absolute Gasteiger partial charge is 0.325 e. The van der Waals surface area contributed by atoms with E-state index >= 15 is 0 Å². The van der Waals surface area contributed by atoms with Gasteiger partial charge < -0.3 is 19.4 Å². The van der Waals surface area contributed by atoms with Gasteiger partial charge in [-0.25, -0.2) is 9.97 Å². The summed E-state index contributed by atoms with van der Waals surface area (Å²) in [5, 5.41) is 2.65. The molecule has 8 heteroatoms. The highest BCUT2D eigenvalue weighted by Gasteiger charge is 2.20. The molecule has 0 radical (unpaired) electrons. The number of carbonyl (C=O) groups is 2. The van der Waals surface area contributed by atoms with Crippen LogP contribution in [0.5, 0.6) is 5.75 Å². The van der Waals surface area contributed by atoms with Crippen molar-refractivity contribution in [1.29, 1.82) is 0 Å². The highest BCUT2D eigenvalue weighted by atomic mass is 16.6. The number of imidazole rings is 1. The molecule has 1 N–H and O–H groups in total. The molecule has 0 saturated heterocycles. The van der Waals surface area contributed by atoms with Gasteiger partial charge in [-0.2, -0.15) is 0 Å². The molecule has 2 aromatic heterocycles. The minimum absolute atomic E-state index is 0.0498. The Labute approximate surface area is 203 Å². The number of hydrogen-bond donors (Lipinski definition) is 1. The quantitative estimate of drug-likeness (QED) is 0.405. The van der Waals surface area contributed by atoms with Crippen LogP contribution >= 0.6 is 0 Å². The number of nitrogens with zero attached hydrogens (tertiary/aromatic N) is 3. The van der Waals surface area contributed by atoms with Crippen LogP contribution in [0.2, 0.25) is 0 Å². The van der Waals surface area contributed by atoms with Crippen LogP contribution in [-0.4, -0.2) is 45.7 Å². The topological polar surface area (TPSA) is 95.3 Å². The molecule has 0 aliphatic carbocycles. The van der Waals surface area contributed by atoms with Crippen LogP contribution in [0.4, 0.5) is 0 Å². The van der Waals surface area contributed by atoms with Crippen molar-refractivity contribution in [1.82, 2.24) is 19.9 Å². The summed E-state index contributed by atoms with van der Waals surface area (Å²) in [6.45, 7) is 5.07. The molecule has 8 nitrogen and oxygen atoms in total. The number of pyridine rings is 1. The van der Waals surface area contributed by atoms with Crippen LogP contribution in [0, 0.1) is 0 Å². The summed E-state index contributed by atoms with van der Waals surface area (Å²) in [7, 11) is 1.60. The first-order chi connectivity index (χ1) is 16.7. The van der Waals surface area contributed by atoms with E-state index in [1.54, 1.807) is 38.6 Å². The number of aromatic nitrogens is 3. The van der Waals surface area contributed by atoms with E-state index in [0.717, 1.165) is 16.7 Å². The summed E-state index contributed by atoms with van der Waals surface area (Å²) < 4.78 is 12.4. The molecule has 0 saturated carbocycles. The number of benzene rings is 2. The predicted octanol–water partition coefficient (Wildman–Crippen LogP) is 4.23. The fourth-order valence-corrected chi connectivity index (χ4v) is 3.68. The average Bonchev–Trinajstić information content (AvgIpc) is 3.20.